The van der Waals surface area contributed by atoms with Crippen molar-refractivity contribution in [2.75, 3.05) is 0 Å². The highest BCUT2D eigenvalue weighted by atomic mass is 16.5. The number of imidazole rings is 1. The van der Waals surface area contributed by atoms with Crippen molar-refractivity contribution >= 4 is 0 Å². The first-order valence-electron chi connectivity index (χ1n) is 7.15. The van der Waals surface area contributed by atoms with E-state index in [2.05, 4.69) is 36.1 Å². The van der Waals surface area contributed by atoms with E-state index in [4.69, 9.17) is 4.74 Å². The van der Waals surface area contributed by atoms with Crippen molar-refractivity contribution in [2.45, 2.75) is 46.4 Å². The summed E-state index contributed by atoms with van der Waals surface area (Å²) >= 11 is 0. The van der Waals surface area contributed by atoms with Gasteiger partial charge in [-0.3, -0.25) is 4.98 Å². The Morgan fingerprint density at radius 1 is 1.29 bits per heavy atom. The van der Waals surface area contributed by atoms with Crippen LogP contribution in [0.2, 0.25) is 0 Å². The highest BCUT2D eigenvalue weighted by Gasteiger charge is 2.13. The molecule has 0 aromatic carbocycles. The lowest BCUT2D eigenvalue weighted by Gasteiger charge is -2.21. The van der Waals surface area contributed by atoms with Gasteiger partial charge in [-0.15, -0.1) is 0 Å². The smallest absolute Gasteiger partial charge is 0.142 e. The second-order valence-electron chi connectivity index (χ2n) is 6.29. The van der Waals surface area contributed by atoms with Crippen molar-refractivity contribution in [3.63, 3.8) is 0 Å². The summed E-state index contributed by atoms with van der Waals surface area (Å²) in [7, 11) is 1.96. The van der Waals surface area contributed by atoms with Crippen molar-refractivity contribution in [2.24, 2.45) is 7.05 Å². The Bertz CT molecular complexity index is 599. The first-order valence-corrected chi connectivity index (χ1v) is 7.15. The van der Waals surface area contributed by atoms with Crippen molar-refractivity contribution in [1.29, 1.82) is 0 Å². The maximum atomic E-state index is 5.92. The summed E-state index contributed by atoms with van der Waals surface area (Å²) in [5.74, 6) is 0.818. The summed E-state index contributed by atoms with van der Waals surface area (Å²) in [6.45, 7) is 9.58. The fourth-order valence-corrected chi connectivity index (χ4v) is 1.88. The van der Waals surface area contributed by atoms with Crippen LogP contribution in [-0.2, 0) is 20.2 Å². The number of rotatable bonds is 5. The van der Waals surface area contributed by atoms with Crippen LogP contribution in [0.4, 0.5) is 0 Å². The van der Waals surface area contributed by atoms with Gasteiger partial charge in [-0.1, -0.05) is 0 Å². The average molecular weight is 288 g/mol. The number of nitrogens with one attached hydrogen (secondary N) is 1. The van der Waals surface area contributed by atoms with Crippen LogP contribution in [0, 0.1) is 6.92 Å². The molecule has 0 aliphatic heterocycles. The van der Waals surface area contributed by atoms with Gasteiger partial charge >= 0.3 is 0 Å². The zero-order chi connectivity index (χ0) is 15.5. The first-order chi connectivity index (χ1) is 9.85. The molecule has 5 nitrogen and oxygen atoms in total. The monoisotopic (exact) mass is 288 g/mol. The minimum atomic E-state index is 0.0464. The topological polar surface area (TPSA) is 52.0 Å². The van der Waals surface area contributed by atoms with Crippen LogP contribution in [0.5, 0.6) is 5.75 Å². The maximum Gasteiger partial charge on any atom is 0.142 e. The Morgan fingerprint density at radius 2 is 2.05 bits per heavy atom. The molecule has 2 aromatic heterocycles. The fraction of sp³-hybridized carbons (Fsp3) is 0.500. The van der Waals surface area contributed by atoms with Gasteiger partial charge in [0.05, 0.1) is 23.9 Å². The van der Waals surface area contributed by atoms with Gasteiger partial charge in [0, 0.05) is 24.8 Å². The molecule has 5 heteroatoms. The zero-order valence-electron chi connectivity index (χ0n) is 13.5. The summed E-state index contributed by atoms with van der Waals surface area (Å²) in [4.78, 5) is 8.68. The van der Waals surface area contributed by atoms with Gasteiger partial charge in [-0.25, -0.2) is 4.98 Å². The van der Waals surface area contributed by atoms with Crippen molar-refractivity contribution in [3.8, 4) is 5.75 Å². The third-order valence-corrected chi connectivity index (χ3v) is 3.15. The molecule has 2 heterocycles. The van der Waals surface area contributed by atoms with Crippen molar-refractivity contribution in [3.05, 3.63) is 41.7 Å². The summed E-state index contributed by atoms with van der Waals surface area (Å²) in [6.07, 6.45) is 3.59. The zero-order valence-corrected chi connectivity index (χ0v) is 13.5. The van der Waals surface area contributed by atoms with E-state index < -0.39 is 0 Å². The number of pyridine rings is 1. The molecule has 0 saturated carbocycles. The molecule has 2 rings (SSSR count). The molecule has 21 heavy (non-hydrogen) atoms. The number of ether oxygens (including phenoxy) is 1. The van der Waals surface area contributed by atoms with Gasteiger partial charge in [-0.2, -0.15) is 0 Å². The molecule has 0 unspecified atom stereocenters. The van der Waals surface area contributed by atoms with Crippen LogP contribution in [0.15, 0.2) is 24.7 Å². The predicted octanol–water partition coefficient (Wildman–Crippen LogP) is 2.59. The molecule has 0 fully saturated rings. The highest BCUT2D eigenvalue weighted by Crippen LogP contribution is 2.19. The molecule has 0 aliphatic carbocycles. The van der Waals surface area contributed by atoms with Gasteiger partial charge in [0.25, 0.3) is 0 Å². The molecule has 0 amide bonds. The van der Waals surface area contributed by atoms with Crippen LogP contribution < -0.4 is 10.1 Å². The standard InChI is InChI=1S/C16H24N4O/c1-12-6-7-15(14(19-12)9-18-16(2,3)4)21-10-13-8-17-11-20(13)5/h6-8,11,18H,9-10H2,1-5H3. The molecule has 0 radical (unpaired) electrons. The van der Waals surface area contributed by atoms with Gasteiger partial charge in [0.2, 0.25) is 0 Å². The molecular weight excluding hydrogens is 264 g/mol. The van der Waals surface area contributed by atoms with Crippen molar-refractivity contribution < 1.29 is 4.74 Å². The largest absolute Gasteiger partial charge is 0.485 e. The summed E-state index contributed by atoms with van der Waals surface area (Å²) in [5, 5.41) is 3.45. The molecule has 114 valence electrons. The molecule has 2 aromatic rings. The van der Waals surface area contributed by atoms with Gasteiger partial charge in [0.1, 0.15) is 12.4 Å². The Kier molecular flexibility index (Phi) is 4.63. The molecule has 0 atom stereocenters. The average Bonchev–Trinajstić information content (AvgIpc) is 2.80. The fourth-order valence-electron chi connectivity index (χ4n) is 1.88. The lowest BCUT2D eigenvalue weighted by Crippen LogP contribution is -2.35. The molecular formula is C16H24N4O. The van der Waals surface area contributed by atoms with Gasteiger partial charge < -0.3 is 14.6 Å². The SMILES string of the molecule is Cc1ccc(OCc2cncn2C)c(CNC(C)(C)C)n1. The van der Waals surface area contributed by atoms with E-state index >= 15 is 0 Å². The minimum absolute atomic E-state index is 0.0464. The minimum Gasteiger partial charge on any atom is -0.485 e. The highest BCUT2D eigenvalue weighted by molar-refractivity contribution is 5.29. The van der Waals surface area contributed by atoms with E-state index in [9.17, 15) is 0 Å². The van der Waals surface area contributed by atoms with Crippen LogP contribution in [0.1, 0.15) is 37.9 Å². The second kappa shape index (κ2) is 6.26. The summed E-state index contributed by atoms with van der Waals surface area (Å²) in [6, 6.07) is 3.96. The lowest BCUT2D eigenvalue weighted by molar-refractivity contribution is 0.289. The van der Waals surface area contributed by atoms with Gasteiger partial charge in [0.15, 0.2) is 0 Å². The lowest BCUT2D eigenvalue weighted by atomic mass is 10.1. The molecule has 0 saturated heterocycles. The number of hydrogen-bond acceptors (Lipinski definition) is 4. The maximum absolute atomic E-state index is 5.92. The summed E-state index contributed by atoms with van der Waals surface area (Å²) < 4.78 is 7.87. The van der Waals surface area contributed by atoms with E-state index in [1.54, 1.807) is 6.33 Å². The Hall–Kier alpha value is -1.88. The molecule has 0 bridgehead atoms. The summed E-state index contributed by atoms with van der Waals surface area (Å²) in [5.41, 5.74) is 3.01. The number of hydrogen-bond donors (Lipinski definition) is 1. The van der Waals surface area contributed by atoms with E-state index in [0.717, 1.165) is 22.8 Å². The Labute approximate surface area is 126 Å². The number of aromatic nitrogens is 3. The molecule has 0 aliphatic rings. The Balaban J connectivity index is 2.09. The quantitative estimate of drug-likeness (QED) is 0.919. The van der Waals surface area contributed by atoms with Crippen LogP contribution in [-0.4, -0.2) is 20.1 Å². The van der Waals surface area contributed by atoms with Crippen LogP contribution in [0.25, 0.3) is 0 Å². The number of aryl methyl sites for hydroxylation is 2. The predicted molar refractivity (Wildman–Crippen MR) is 83.1 cm³/mol. The normalized spacial score (nSPS) is 11.7. The third-order valence-electron chi connectivity index (χ3n) is 3.15. The van der Waals surface area contributed by atoms with E-state index in [0.29, 0.717) is 13.2 Å². The molecule has 1 N–H and O–H groups in total. The van der Waals surface area contributed by atoms with E-state index in [1.165, 1.54) is 0 Å². The van der Waals surface area contributed by atoms with Crippen molar-refractivity contribution in [1.82, 2.24) is 19.9 Å². The number of nitrogens with zero attached hydrogens (tertiary/aromatic N) is 3. The van der Waals surface area contributed by atoms with Crippen LogP contribution in [0.3, 0.4) is 0 Å². The second-order valence-corrected chi connectivity index (χ2v) is 6.29. The first kappa shape index (κ1) is 15.5. The van der Waals surface area contributed by atoms with E-state index in [1.807, 2.05) is 36.9 Å². The van der Waals surface area contributed by atoms with E-state index in [-0.39, 0.29) is 5.54 Å². The Morgan fingerprint density at radius 3 is 2.67 bits per heavy atom. The third kappa shape index (κ3) is 4.56. The molecule has 0 spiro atoms. The van der Waals surface area contributed by atoms with Crippen LogP contribution >= 0.6 is 0 Å². The van der Waals surface area contributed by atoms with Gasteiger partial charge in [-0.05, 0) is 39.8 Å².